The lowest BCUT2D eigenvalue weighted by molar-refractivity contribution is 0.372. The molecule has 17 heavy (non-hydrogen) atoms. The summed E-state index contributed by atoms with van der Waals surface area (Å²) in [6, 6.07) is 12.9. The predicted molar refractivity (Wildman–Crippen MR) is 70.2 cm³/mol. The molecular formula is C13H11ClO2S. The zero-order valence-electron chi connectivity index (χ0n) is 9.18. The molecule has 0 aliphatic carbocycles. The van der Waals surface area contributed by atoms with E-state index in [9.17, 15) is 5.11 Å². The van der Waals surface area contributed by atoms with Crippen molar-refractivity contribution in [2.45, 2.75) is 9.79 Å². The van der Waals surface area contributed by atoms with E-state index in [0.717, 1.165) is 14.8 Å². The third-order valence-electron chi connectivity index (χ3n) is 2.20. The summed E-state index contributed by atoms with van der Waals surface area (Å²) in [6.45, 7) is 0. The van der Waals surface area contributed by atoms with Crippen molar-refractivity contribution < 1.29 is 9.84 Å². The molecule has 0 radical (unpaired) electrons. The molecule has 0 amide bonds. The lowest BCUT2D eigenvalue weighted by atomic mass is 10.3. The summed E-state index contributed by atoms with van der Waals surface area (Å²) in [4.78, 5) is 2.09. The van der Waals surface area contributed by atoms with Crippen LogP contribution >= 0.6 is 23.4 Å². The Hall–Kier alpha value is -1.32. The molecule has 2 rings (SSSR count). The number of phenols is 1. The van der Waals surface area contributed by atoms with E-state index in [1.165, 1.54) is 7.11 Å². The van der Waals surface area contributed by atoms with E-state index in [4.69, 9.17) is 16.3 Å². The van der Waals surface area contributed by atoms with Crippen molar-refractivity contribution in [1.29, 1.82) is 0 Å². The van der Waals surface area contributed by atoms with Gasteiger partial charge in [0.05, 0.1) is 7.11 Å². The van der Waals surface area contributed by atoms with Crippen LogP contribution in [0.25, 0.3) is 0 Å². The summed E-state index contributed by atoms with van der Waals surface area (Å²) in [6.07, 6.45) is 0. The van der Waals surface area contributed by atoms with Crippen LogP contribution in [-0.2, 0) is 0 Å². The molecule has 0 bridgehead atoms. The normalized spacial score (nSPS) is 10.2. The van der Waals surface area contributed by atoms with Crippen LogP contribution < -0.4 is 4.74 Å². The van der Waals surface area contributed by atoms with E-state index in [2.05, 4.69) is 0 Å². The van der Waals surface area contributed by atoms with Gasteiger partial charge in [-0.05, 0) is 42.5 Å². The maximum atomic E-state index is 9.49. The molecule has 0 saturated carbocycles. The van der Waals surface area contributed by atoms with Crippen LogP contribution in [0.1, 0.15) is 0 Å². The smallest absolute Gasteiger partial charge is 0.161 e. The highest BCUT2D eigenvalue weighted by molar-refractivity contribution is 7.99. The van der Waals surface area contributed by atoms with Gasteiger partial charge in [0.25, 0.3) is 0 Å². The molecule has 0 unspecified atom stereocenters. The first-order chi connectivity index (χ1) is 8.19. The number of rotatable bonds is 3. The van der Waals surface area contributed by atoms with Gasteiger partial charge in [-0.25, -0.2) is 0 Å². The van der Waals surface area contributed by atoms with Gasteiger partial charge >= 0.3 is 0 Å². The van der Waals surface area contributed by atoms with Crippen molar-refractivity contribution in [3.63, 3.8) is 0 Å². The standard InChI is InChI=1S/C13H11ClO2S/c1-16-13-8-11(6-7-12(13)15)17-10-4-2-9(14)3-5-10/h2-8,15H,1H3. The first-order valence-electron chi connectivity index (χ1n) is 4.99. The second-order valence-corrected chi connectivity index (χ2v) is 4.97. The van der Waals surface area contributed by atoms with Crippen LogP contribution in [0.4, 0.5) is 0 Å². The van der Waals surface area contributed by atoms with Crippen molar-refractivity contribution in [3.05, 3.63) is 47.5 Å². The Balaban J connectivity index is 2.21. The Bertz CT molecular complexity index is 511. The Labute approximate surface area is 109 Å². The first-order valence-corrected chi connectivity index (χ1v) is 6.19. The van der Waals surface area contributed by atoms with Gasteiger partial charge in [-0.15, -0.1) is 0 Å². The van der Waals surface area contributed by atoms with E-state index in [-0.39, 0.29) is 5.75 Å². The van der Waals surface area contributed by atoms with Crippen LogP contribution in [0.5, 0.6) is 11.5 Å². The molecule has 0 aromatic heterocycles. The average Bonchev–Trinajstić information content (AvgIpc) is 2.34. The summed E-state index contributed by atoms with van der Waals surface area (Å²) in [5.74, 6) is 0.622. The maximum Gasteiger partial charge on any atom is 0.161 e. The second kappa shape index (κ2) is 5.34. The van der Waals surface area contributed by atoms with E-state index in [1.54, 1.807) is 23.9 Å². The zero-order chi connectivity index (χ0) is 12.3. The molecule has 0 fully saturated rings. The molecule has 88 valence electrons. The molecule has 2 aromatic carbocycles. The lowest BCUT2D eigenvalue weighted by Crippen LogP contribution is -1.83. The quantitative estimate of drug-likeness (QED) is 0.903. The van der Waals surface area contributed by atoms with Gasteiger partial charge in [0.15, 0.2) is 11.5 Å². The Morgan fingerprint density at radius 1 is 1.06 bits per heavy atom. The summed E-state index contributed by atoms with van der Waals surface area (Å²) < 4.78 is 5.06. The van der Waals surface area contributed by atoms with E-state index >= 15 is 0 Å². The zero-order valence-corrected chi connectivity index (χ0v) is 10.8. The molecular weight excluding hydrogens is 256 g/mol. The topological polar surface area (TPSA) is 29.5 Å². The number of hydrogen-bond acceptors (Lipinski definition) is 3. The van der Waals surface area contributed by atoms with Crippen molar-refractivity contribution in [2.24, 2.45) is 0 Å². The molecule has 0 saturated heterocycles. The molecule has 4 heteroatoms. The van der Waals surface area contributed by atoms with Gasteiger partial charge in [0, 0.05) is 14.8 Å². The monoisotopic (exact) mass is 266 g/mol. The maximum absolute atomic E-state index is 9.49. The van der Waals surface area contributed by atoms with Gasteiger partial charge in [-0.1, -0.05) is 23.4 Å². The number of methoxy groups -OCH3 is 1. The van der Waals surface area contributed by atoms with Crippen LogP contribution in [0.2, 0.25) is 5.02 Å². The largest absolute Gasteiger partial charge is 0.504 e. The van der Waals surface area contributed by atoms with E-state index in [1.807, 2.05) is 30.3 Å². The SMILES string of the molecule is COc1cc(Sc2ccc(Cl)cc2)ccc1O. The van der Waals surface area contributed by atoms with Crippen molar-refractivity contribution >= 4 is 23.4 Å². The summed E-state index contributed by atoms with van der Waals surface area (Å²) in [7, 11) is 1.53. The second-order valence-electron chi connectivity index (χ2n) is 3.39. The van der Waals surface area contributed by atoms with Gasteiger partial charge in [-0.3, -0.25) is 0 Å². The fourth-order valence-electron chi connectivity index (χ4n) is 1.36. The summed E-state index contributed by atoms with van der Waals surface area (Å²) >= 11 is 7.41. The highest BCUT2D eigenvalue weighted by Gasteiger charge is 2.04. The molecule has 1 N–H and O–H groups in total. The Kier molecular flexibility index (Phi) is 3.82. The fourth-order valence-corrected chi connectivity index (χ4v) is 2.33. The summed E-state index contributed by atoms with van der Waals surface area (Å²) in [5, 5.41) is 10.2. The van der Waals surface area contributed by atoms with Crippen LogP contribution in [0.15, 0.2) is 52.3 Å². The third kappa shape index (κ3) is 3.08. The minimum atomic E-state index is 0.146. The first kappa shape index (κ1) is 12.1. The number of benzene rings is 2. The van der Waals surface area contributed by atoms with Crippen LogP contribution in [-0.4, -0.2) is 12.2 Å². The van der Waals surface area contributed by atoms with Crippen molar-refractivity contribution in [3.8, 4) is 11.5 Å². The van der Waals surface area contributed by atoms with Gasteiger partial charge < -0.3 is 9.84 Å². The fraction of sp³-hybridized carbons (Fsp3) is 0.0769. The summed E-state index contributed by atoms with van der Waals surface area (Å²) in [5.41, 5.74) is 0. The minimum Gasteiger partial charge on any atom is -0.504 e. The Morgan fingerprint density at radius 2 is 1.71 bits per heavy atom. The number of aromatic hydroxyl groups is 1. The number of phenolic OH excluding ortho intramolecular Hbond substituents is 1. The molecule has 0 aliphatic heterocycles. The number of halogens is 1. The molecule has 2 nitrogen and oxygen atoms in total. The van der Waals surface area contributed by atoms with E-state index in [0.29, 0.717) is 5.75 Å². The number of ether oxygens (including phenoxy) is 1. The van der Waals surface area contributed by atoms with Gasteiger partial charge in [0.1, 0.15) is 0 Å². The minimum absolute atomic E-state index is 0.146. The van der Waals surface area contributed by atoms with Crippen LogP contribution in [0, 0.1) is 0 Å². The highest BCUT2D eigenvalue weighted by Crippen LogP contribution is 2.34. The highest BCUT2D eigenvalue weighted by atomic mass is 35.5. The molecule has 2 aromatic rings. The number of hydrogen-bond donors (Lipinski definition) is 1. The van der Waals surface area contributed by atoms with E-state index < -0.39 is 0 Å². The predicted octanol–water partition coefficient (Wildman–Crippen LogP) is 4.21. The average molecular weight is 267 g/mol. The lowest BCUT2D eigenvalue weighted by Gasteiger charge is -2.06. The van der Waals surface area contributed by atoms with Crippen LogP contribution in [0.3, 0.4) is 0 Å². The molecule has 0 aliphatic rings. The van der Waals surface area contributed by atoms with Gasteiger partial charge in [0.2, 0.25) is 0 Å². The molecule has 0 heterocycles. The molecule has 0 atom stereocenters. The van der Waals surface area contributed by atoms with Crippen molar-refractivity contribution in [2.75, 3.05) is 7.11 Å². The van der Waals surface area contributed by atoms with Crippen molar-refractivity contribution in [1.82, 2.24) is 0 Å². The Morgan fingerprint density at radius 3 is 2.35 bits per heavy atom. The third-order valence-corrected chi connectivity index (χ3v) is 3.45. The van der Waals surface area contributed by atoms with Gasteiger partial charge in [-0.2, -0.15) is 0 Å². The molecule has 0 spiro atoms.